The van der Waals surface area contributed by atoms with E-state index in [0.717, 1.165) is 62.5 Å². The standard InChI is InChI=1S/C22H27N5/c1-18-7-8-21-20(15-18)22(25-17-24-21)23-9-10-26-11-13-27(14-12-26)16-19-5-3-2-4-6-19/h2-8,15,17H,9-14,16H2,1H3,(H,23,24,25). The van der Waals surface area contributed by atoms with Crippen molar-refractivity contribution < 1.29 is 0 Å². The zero-order valence-corrected chi connectivity index (χ0v) is 15.9. The molecule has 5 nitrogen and oxygen atoms in total. The van der Waals surface area contributed by atoms with Crippen molar-refractivity contribution in [3.8, 4) is 0 Å². The number of hydrogen-bond donors (Lipinski definition) is 1. The number of fused-ring (bicyclic) bond motifs is 1. The summed E-state index contributed by atoms with van der Waals surface area (Å²) in [5.41, 5.74) is 3.63. The Morgan fingerprint density at radius 1 is 0.926 bits per heavy atom. The van der Waals surface area contributed by atoms with Gasteiger partial charge in [-0.05, 0) is 24.6 Å². The van der Waals surface area contributed by atoms with E-state index in [4.69, 9.17) is 0 Å². The predicted molar refractivity (Wildman–Crippen MR) is 111 cm³/mol. The Kier molecular flexibility index (Phi) is 5.61. The summed E-state index contributed by atoms with van der Waals surface area (Å²) < 4.78 is 0. The van der Waals surface area contributed by atoms with Crippen LogP contribution in [0.2, 0.25) is 0 Å². The number of aryl methyl sites for hydroxylation is 1. The van der Waals surface area contributed by atoms with E-state index in [1.165, 1.54) is 11.1 Å². The summed E-state index contributed by atoms with van der Waals surface area (Å²) in [6.07, 6.45) is 1.64. The van der Waals surface area contributed by atoms with Crippen molar-refractivity contribution >= 4 is 16.7 Å². The van der Waals surface area contributed by atoms with Gasteiger partial charge in [-0.15, -0.1) is 0 Å². The molecule has 140 valence electrons. The minimum atomic E-state index is 0.902. The van der Waals surface area contributed by atoms with Gasteiger partial charge in [-0.1, -0.05) is 42.0 Å². The first-order chi connectivity index (χ1) is 13.3. The summed E-state index contributed by atoms with van der Waals surface area (Å²) >= 11 is 0. The molecule has 5 heteroatoms. The summed E-state index contributed by atoms with van der Waals surface area (Å²) in [4.78, 5) is 13.9. The maximum absolute atomic E-state index is 4.44. The quantitative estimate of drug-likeness (QED) is 0.731. The lowest BCUT2D eigenvalue weighted by Crippen LogP contribution is -2.47. The Labute approximate surface area is 161 Å². The van der Waals surface area contributed by atoms with Crippen molar-refractivity contribution in [1.29, 1.82) is 0 Å². The zero-order chi connectivity index (χ0) is 18.5. The Morgan fingerprint density at radius 3 is 2.52 bits per heavy atom. The maximum atomic E-state index is 4.44. The lowest BCUT2D eigenvalue weighted by Gasteiger charge is -2.34. The number of piperazine rings is 1. The van der Waals surface area contributed by atoms with Crippen LogP contribution in [0.5, 0.6) is 0 Å². The van der Waals surface area contributed by atoms with Crippen molar-refractivity contribution in [3.05, 3.63) is 66.0 Å². The maximum Gasteiger partial charge on any atom is 0.137 e. The second-order valence-electron chi connectivity index (χ2n) is 7.27. The van der Waals surface area contributed by atoms with Crippen molar-refractivity contribution in [2.75, 3.05) is 44.6 Å². The van der Waals surface area contributed by atoms with E-state index >= 15 is 0 Å². The van der Waals surface area contributed by atoms with Crippen molar-refractivity contribution in [2.24, 2.45) is 0 Å². The smallest absolute Gasteiger partial charge is 0.137 e. The lowest BCUT2D eigenvalue weighted by molar-refractivity contribution is 0.130. The molecule has 0 saturated carbocycles. The Balaban J connectivity index is 1.26. The molecule has 2 aromatic carbocycles. The molecule has 1 aliphatic heterocycles. The monoisotopic (exact) mass is 361 g/mol. The number of hydrogen-bond acceptors (Lipinski definition) is 5. The molecule has 0 amide bonds. The topological polar surface area (TPSA) is 44.3 Å². The van der Waals surface area contributed by atoms with Gasteiger partial charge >= 0.3 is 0 Å². The molecular weight excluding hydrogens is 334 g/mol. The van der Waals surface area contributed by atoms with Crippen LogP contribution in [0, 0.1) is 6.92 Å². The zero-order valence-electron chi connectivity index (χ0n) is 15.9. The molecule has 0 bridgehead atoms. The Bertz CT molecular complexity index is 872. The van der Waals surface area contributed by atoms with E-state index in [0.29, 0.717) is 0 Å². The van der Waals surface area contributed by atoms with E-state index in [1.807, 2.05) is 0 Å². The highest BCUT2D eigenvalue weighted by molar-refractivity contribution is 5.89. The van der Waals surface area contributed by atoms with E-state index in [9.17, 15) is 0 Å². The van der Waals surface area contributed by atoms with E-state index < -0.39 is 0 Å². The van der Waals surface area contributed by atoms with Crippen LogP contribution in [0.25, 0.3) is 10.9 Å². The predicted octanol–water partition coefficient (Wildman–Crippen LogP) is 3.17. The Hall–Kier alpha value is -2.50. The molecule has 0 spiro atoms. The summed E-state index contributed by atoms with van der Waals surface area (Å²) in [7, 11) is 0. The number of anilines is 1. The number of rotatable bonds is 6. The van der Waals surface area contributed by atoms with Crippen molar-refractivity contribution in [1.82, 2.24) is 19.8 Å². The second kappa shape index (κ2) is 8.46. The molecule has 0 aliphatic carbocycles. The van der Waals surface area contributed by atoms with Gasteiger partial charge in [0.15, 0.2) is 0 Å². The molecular formula is C22H27N5. The third-order valence-corrected chi connectivity index (χ3v) is 5.23. The first-order valence-electron chi connectivity index (χ1n) is 9.72. The molecule has 1 aliphatic rings. The van der Waals surface area contributed by atoms with Crippen LogP contribution in [0.15, 0.2) is 54.9 Å². The van der Waals surface area contributed by atoms with Gasteiger partial charge in [0.2, 0.25) is 0 Å². The normalized spacial score (nSPS) is 15.9. The summed E-state index contributed by atoms with van der Waals surface area (Å²) in [5, 5.41) is 4.61. The molecule has 1 saturated heterocycles. The van der Waals surface area contributed by atoms with Gasteiger partial charge < -0.3 is 5.32 Å². The van der Waals surface area contributed by atoms with Gasteiger partial charge in [0, 0.05) is 51.2 Å². The Morgan fingerprint density at radius 2 is 1.70 bits per heavy atom. The van der Waals surface area contributed by atoms with Gasteiger partial charge in [0.05, 0.1) is 5.52 Å². The average molecular weight is 361 g/mol. The first kappa shape index (κ1) is 17.9. The molecule has 0 unspecified atom stereocenters. The third-order valence-electron chi connectivity index (χ3n) is 5.23. The van der Waals surface area contributed by atoms with Gasteiger partial charge in [0.1, 0.15) is 12.1 Å². The van der Waals surface area contributed by atoms with Gasteiger partial charge in [-0.3, -0.25) is 9.80 Å². The van der Waals surface area contributed by atoms with Crippen LogP contribution >= 0.6 is 0 Å². The van der Waals surface area contributed by atoms with Gasteiger partial charge in [-0.2, -0.15) is 0 Å². The fourth-order valence-corrected chi connectivity index (χ4v) is 3.66. The molecule has 2 heterocycles. The molecule has 27 heavy (non-hydrogen) atoms. The fourth-order valence-electron chi connectivity index (χ4n) is 3.66. The fraction of sp³-hybridized carbons (Fsp3) is 0.364. The summed E-state index contributed by atoms with van der Waals surface area (Å²) in [6.45, 7) is 9.60. The first-order valence-corrected chi connectivity index (χ1v) is 9.72. The minimum absolute atomic E-state index is 0.902. The van der Waals surface area contributed by atoms with Crippen LogP contribution < -0.4 is 5.32 Å². The highest BCUT2D eigenvalue weighted by Gasteiger charge is 2.16. The molecule has 0 radical (unpaired) electrons. The molecule has 1 N–H and O–H groups in total. The van der Waals surface area contributed by atoms with Crippen molar-refractivity contribution in [2.45, 2.75) is 13.5 Å². The highest BCUT2D eigenvalue weighted by atomic mass is 15.3. The van der Waals surface area contributed by atoms with Gasteiger partial charge in [-0.25, -0.2) is 9.97 Å². The van der Waals surface area contributed by atoms with E-state index in [1.54, 1.807) is 6.33 Å². The molecule has 4 rings (SSSR count). The number of benzene rings is 2. The minimum Gasteiger partial charge on any atom is -0.368 e. The van der Waals surface area contributed by atoms with E-state index in [2.05, 4.69) is 80.5 Å². The van der Waals surface area contributed by atoms with Crippen LogP contribution in [0.4, 0.5) is 5.82 Å². The van der Waals surface area contributed by atoms with Crippen LogP contribution in [0.3, 0.4) is 0 Å². The van der Waals surface area contributed by atoms with Gasteiger partial charge in [0.25, 0.3) is 0 Å². The van der Waals surface area contributed by atoms with Crippen LogP contribution in [-0.2, 0) is 6.54 Å². The average Bonchev–Trinajstić information content (AvgIpc) is 2.70. The number of nitrogens with zero attached hydrogens (tertiary/aromatic N) is 4. The number of aromatic nitrogens is 2. The van der Waals surface area contributed by atoms with Crippen LogP contribution in [0.1, 0.15) is 11.1 Å². The molecule has 1 aromatic heterocycles. The molecule has 1 fully saturated rings. The van der Waals surface area contributed by atoms with Crippen LogP contribution in [-0.4, -0.2) is 59.0 Å². The van der Waals surface area contributed by atoms with E-state index in [-0.39, 0.29) is 0 Å². The highest BCUT2D eigenvalue weighted by Crippen LogP contribution is 2.20. The SMILES string of the molecule is Cc1ccc2ncnc(NCCN3CCN(Cc4ccccc4)CC3)c2c1. The van der Waals surface area contributed by atoms with Crippen molar-refractivity contribution in [3.63, 3.8) is 0 Å². The largest absolute Gasteiger partial charge is 0.368 e. The number of nitrogens with one attached hydrogen (secondary N) is 1. The summed E-state index contributed by atoms with van der Waals surface area (Å²) in [5.74, 6) is 0.936. The summed E-state index contributed by atoms with van der Waals surface area (Å²) in [6, 6.07) is 17.0. The molecule has 0 atom stereocenters. The molecule has 3 aromatic rings. The third kappa shape index (κ3) is 4.62. The lowest BCUT2D eigenvalue weighted by atomic mass is 10.1. The second-order valence-corrected chi connectivity index (χ2v) is 7.27.